The maximum absolute atomic E-state index is 12.4. The number of amides is 2. The van der Waals surface area contributed by atoms with Gasteiger partial charge in [-0.3, -0.25) is 19.7 Å². The fraction of sp³-hybridized carbons (Fsp3) is 0.238. The number of benzene rings is 1. The fourth-order valence-electron chi connectivity index (χ4n) is 2.97. The molecule has 3 heterocycles. The summed E-state index contributed by atoms with van der Waals surface area (Å²) in [5.74, 6) is 0.160. The number of hydrogen-bond acceptors (Lipinski definition) is 6. The number of aromatic nitrogens is 3. The molecule has 1 aliphatic heterocycles. The van der Waals surface area contributed by atoms with Gasteiger partial charge < -0.3 is 19.7 Å². The number of aromatic amines is 1. The monoisotopic (exact) mass is 407 g/mol. The molecule has 1 fully saturated rings. The van der Waals surface area contributed by atoms with Crippen LogP contribution in [0.15, 0.2) is 54.7 Å². The Kier molecular flexibility index (Phi) is 6.00. The van der Waals surface area contributed by atoms with Gasteiger partial charge in [0.15, 0.2) is 6.61 Å². The largest absolute Gasteiger partial charge is 0.484 e. The Morgan fingerprint density at radius 1 is 1.10 bits per heavy atom. The molecule has 1 aliphatic rings. The van der Waals surface area contributed by atoms with Crippen molar-refractivity contribution in [2.75, 3.05) is 38.2 Å². The number of pyridine rings is 1. The standard InChI is InChI=1S/C21H21N5O4/c27-20(26-9-11-29-12-10-26)14-30-16-6-4-15(5-7-16)23-21(28)19-13-18(24-25-19)17-3-1-2-8-22-17/h1-8,13H,9-12,14H2,(H,23,28)(H,24,25). The molecule has 154 valence electrons. The van der Waals surface area contributed by atoms with E-state index in [1.807, 2.05) is 18.2 Å². The first-order valence-electron chi connectivity index (χ1n) is 9.55. The third-order valence-corrected chi connectivity index (χ3v) is 4.59. The van der Waals surface area contributed by atoms with Gasteiger partial charge in [-0.25, -0.2) is 0 Å². The average Bonchev–Trinajstić information content (AvgIpc) is 3.30. The van der Waals surface area contributed by atoms with Crippen LogP contribution in [0.5, 0.6) is 5.75 Å². The van der Waals surface area contributed by atoms with E-state index in [9.17, 15) is 9.59 Å². The van der Waals surface area contributed by atoms with E-state index in [1.165, 1.54) is 0 Å². The van der Waals surface area contributed by atoms with Crippen LogP contribution in [0.1, 0.15) is 10.5 Å². The van der Waals surface area contributed by atoms with E-state index in [1.54, 1.807) is 41.4 Å². The highest BCUT2D eigenvalue weighted by Crippen LogP contribution is 2.18. The van der Waals surface area contributed by atoms with E-state index in [4.69, 9.17) is 9.47 Å². The Balaban J connectivity index is 1.30. The third-order valence-electron chi connectivity index (χ3n) is 4.59. The number of hydrogen-bond donors (Lipinski definition) is 2. The quantitative estimate of drug-likeness (QED) is 0.647. The molecule has 0 bridgehead atoms. The number of nitrogens with zero attached hydrogens (tertiary/aromatic N) is 3. The molecule has 1 saturated heterocycles. The molecule has 0 spiro atoms. The molecule has 0 atom stereocenters. The molecular formula is C21H21N5O4. The first kappa shape index (κ1) is 19.6. The van der Waals surface area contributed by atoms with Crippen molar-refractivity contribution in [2.45, 2.75) is 0 Å². The highest BCUT2D eigenvalue weighted by atomic mass is 16.5. The van der Waals surface area contributed by atoms with Crippen molar-refractivity contribution in [3.63, 3.8) is 0 Å². The van der Waals surface area contributed by atoms with E-state index >= 15 is 0 Å². The number of morpholine rings is 1. The van der Waals surface area contributed by atoms with Crippen LogP contribution in [0.25, 0.3) is 11.4 Å². The average molecular weight is 407 g/mol. The Morgan fingerprint density at radius 2 is 1.90 bits per heavy atom. The van der Waals surface area contributed by atoms with Crippen LogP contribution >= 0.6 is 0 Å². The van der Waals surface area contributed by atoms with Gasteiger partial charge in [0.1, 0.15) is 17.1 Å². The maximum Gasteiger partial charge on any atom is 0.273 e. The van der Waals surface area contributed by atoms with Gasteiger partial charge in [0.2, 0.25) is 0 Å². The molecule has 2 N–H and O–H groups in total. The highest BCUT2D eigenvalue weighted by molar-refractivity contribution is 6.03. The minimum absolute atomic E-state index is 0.0316. The lowest BCUT2D eigenvalue weighted by Crippen LogP contribution is -2.42. The molecule has 2 aromatic heterocycles. The van der Waals surface area contributed by atoms with E-state index in [0.29, 0.717) is 54.8 Å². The van der Waals surface area contributed by atoms with Crippen molar-refractivity contribution < 1.29 is 19.1 Å². The van der Waals surface area contributed by atoms with Crippen LogP contribution in [0, 0.1) is 0 Å². The van der Waals surface area contributed by atoms with Gasteiger partial charge in [0, 0.05) is 25.0 Å². The summed E-state index contributed by atoms with van der Waals surface area (Å²) in [4.78, 5) is 30.5. The first-order chi connectivity index (χ1) is 14.7. The molecule has 0 radical (unpaired) electrons. The number of H-pyrrole nitrogens is 1. The minimum Gasteiger partial charge on any atom is -0.484 e. The van der Waals surface area contributed by atoms with Crippen LogP contribution in [-0.4, -0.2) is 64.8 Å². The van der Waals surface area contributed by atoms with Gasteiger partial charge in [-0.2, -0.15) is 5.10 Å². The zero-order chi connectivity index (χ0) is 20.8. The molecule has 4 rings (SSSR count). The number of rotatable bonds is 6. The Labute approximate surface area is 173 Å². The van der Waals surface area contributed by atoms with E-state index in [0.717, 1.165) is 0 Å². The van der Waals surface area contributed by atoms with Gasteiger partial charge in [-0.1, -0.05) is 6.07 Å². The summed E-state index contributed by atoms with van der Waals surface area (Å²) in [6.07, 6.45) is 1.67. The Morgan fingerprint density at radius 3 is 2.63 bits per heavy atom. The first-order valence-corrected chi connectivity index (χ1v) is 9.55. The van der Waals surface area contributed by atoms with Crippen molar-refractivity contribution >= 4 is 17.5 Å². The summed E-state index contributed by atoms with van der Waals surface area (Å²) in [7, 11) is 0. The zero-order valence-corrected chi connectivity index (χ0v) is 16.2. The van der Waals surface area contributed by atoms with Crippen LogP contribution < -0.4 is 10.1 Å². The van der Waals surface area contributed by atoms with E-state index in [-0.39, 0.29) is 18.4 Å². The molecular weight excluding hydrogens is 386 g/mol. The predicted octanol–water partition coefficient (Wildman–Crippen LogP) is 1.96. The van der Waals surface area contributed by atoms with Crippen LogP contribution in [0.4, 0.5) is 5.69 Å². The summed E-state index contributed by atoms with van der Waals surface area (Å²) >= 11 is 0. The highest BCUT2D eigenvalue weighted by Gasteiger charge is 2.17. The van der Waals surface area contributed by atoms with Crippen molar-refractivity contribution in [3.05, 3.63) is 60.4 Å². The molecule has 0 aliphatic carbocycles. The molecule has 1 aromatic carbocycles. The topological polar surface area (TPSA) is 109 Å². The van der Waals surface area contributed by atoms with Gasteiger partial charge in [0.25, 0.3) is 11.8 Å². The second-order valence-electron chi connectivity index (χ2n) is 6.64. The molecule has 9 nitrogen and oxygen atoms in total. The molecule has 9 heteroatoms. The van der Waals surface area contributed by atoms with Gasteiger partial charge in [-0.05, 0) is 42.5 Å². The summed E-state index contributed by atoms with van der Waals surface area (Å²) in [5, 5.41) is 9.64. The molecule has 0 unspecified atom stereocenters. The van der Waals surface area contributed by atoms with Crippen molar-refractivity contribution in [2.24, 2.45) is 0 Å². The van der Waals surface area contributed by atoms with E-state index in [2.05, 4.69) is 20.5 Å². The summed E-state index contributed by atoms with van der Waals surface area (Å²) < 4.78 is 10.8. The molecule has 30 heavy (non-hydrogen) atoms. The summed E-state index contributed by atoms with van der Waals surface area (Å²) in [6.45, 7) is 2.25. The number of nitrogens with one attached hydrogen (secondary N) is 2. The third kappa shape index (κ3) is 4.81. The van der Waals surface area contributed by atoms with Crippen molar-refractivity contribution in [1.82, 2.24) is 20.1 Å². The number of carbonyl (C=O) groups is 2. The second-order valence-corrected chi connectivity index (χ2v) is 6.64. The molecule has 2 amide bonds. The van der Waals surface area contributed by atoms with Gasteiger partial charge in [-0.15, -0.1) is 0 Å². The lowest BCUT2D eigenvalue weighted by Gasteiger charge is -2.26. The summed E-state index contributed by atoms with van der Waals surface area (Å²) in [6, 6.07) is 14.0. The van der Waals surface area contributed by atoms with Crippen molar-refractivity contribution in [1.29, 1.82) is 0 Å². The van der Waals surface area contributed by atoms with Crippen LogP contribution in [0.3, 0.4) is 0 Å². The normalized spacial score (nSPS) is 13.7. The SMILES string of the molecule is O=C(Nc1ccc(OCC(=O)N2CCOCC2)cc1)c1cc(-c2ccccn2)n[nH]1. The second kappa shape index (κ2) is 9.19. The van der Waals surface area contributed by atoms with Crippen molar-refractivity contribution in [3.8, 4) is 17.1 Å². The van der Waals surface area contributed by atoms with Crippen LogP contribution in [-0.2, 0) is 9.53 Å². The minimum atomic E-state index is -0.319. The number of anilines is 1. The summed E-state index contributed by atoms with van der Waals surface area (Å²) in [5.41, 5.74) is 2.20. The zero-order valence-electron chi connectivity index (χ0n) is 16.2. The fourth-order valence-corrected chi connectivity index (χ4v) is 2.97. The lowest BCUT2D eigenvalue weighted by atomic mass is 10.2. The maximum atomic E-state index is 12.4. The predicted molar refractivity (Wildman–Crippen MR) is 109 cm³/mol. The number of carbonyl (C=O) groups excluding carboxylic acids is 2. The molecule has 3 aromatic rings. The van der Waals surface area contributed by atoms with Crippen LogP contribution in [0.2, 0.25) is 0 Å². The van der Waals surface area contributed by atoms with Gasteiger partial charge in [0.05, 0.1) is 18.9 Å². The molecule has 0 saturated carbocycles. The van der Waals surface area contributed by atoms with E-state index < -0.39 is 0 Å². The number of ether oxygens (including phenoxy) is 2. The Hall–Kier alpha value is -3.72. The lowest BCUT2D eigenvalue weighted by molar-refractivity contribution is -0.137. The van der Waals surface area contributed by atoms with Gasteiger partial charge >= 0.3 is 0 Å². The smallest absolute Gasteiger partial charge is 0.273 e. The Bertz CT molecular complexity index is 998.